The van der Waals surface area contributed by atoms with Crippen molar-refractivity contribution in [2.24, 2.45) is 0 Å². The van der Waals surface area contributed by atoms with Crippen molar-refractivity contribution in [3.8, 4) is 17.2 Å². The molecule has 2 aliphatic heterocycles. The number of carbonyl (C=O) groups is 1. The molecular weight excluding hydrogens is 444 g/mol. The third kappa shape index (κ3) is 6.07. The zero-order valence-corrected chi connectivity index (χ0v) is 20.1. The second-order valence-electron chi connectivity index (χ2n) is 9.33. The van der Waals surface area contributed by atoms with Crippen LogP contribution in [-0.4, -0.2) is 64.9 Å². The topological polar surface area (TPSA) is 80.9 Å². The molecule has 2 fully saturated rings. The molecule has 1 amide bonds. The van der Waals surface area contributed by atoms with Gasteiger partial charge >= 0.3 is 0 Å². The monoisotopic (exact) mass is 476 g/mol. The van der Waals surface area contributed by atoms with Gasteiger partial charge in [0.1, 0.15) is 18.0 Å². The van der Waals surface area contributed by atoms with E-state index in [1.165, 1.54) is 0 Å². The fraction of sp³-hybridized carbons (Fsp3) is 0.444. The molecular formula is C27H32N4O4. The lowest BCUT2D eigenvalue weighted by Gasteiger charge is -2.33. The Morgan fingerprint density at radius 3 is 2.66 bits per heavy atom. The van der Waals surface area contributed by atoms with Crippen LogP contribution in [0, 0.1) is 0 Å². The second-order valence-corrected chi connectivity index (χ2v) is 9.33. The summed E-state index contributed by atoms with van der Waals surface area (Å²) < 4.78 is 17.7. The molecule has 3 heterocycles. The number of hydrogen-bond acceptors (Lipinski definition) is 7. The maximum absolute atomic E-state index is 12.6. The Kier molecular flexibility index (Phi) is 7.39. The molecule has 2 aromatic carbocycles. The van der Waals surface area contributed by atoms with Gasteiger partial charge in [-0.2, -0.15) is 0 Å². The molecule has 5 rings (SSSR count). The lowest BCUT2D eigenvalue weighted by atomic mass is 10.1. The van der Waals surface area contributed by atoms with E-state index in [1.54, 1.807) is 0 Å². The van der Waals surface area contributed by atoms with Crippen molar-refractivity contribution in [3.05, 3.63) is 66.1 Å². The number of amides is 1. The fourth-order valence-electron chi connectivity index (χ4n) is 4.69. The average molecular weight is 477 g/mol. The molecule has 1 atom stereocenters. The van der Waals surface area contributed by atoms with Gasteiger partial charge in [0.05, 0.1) is 6.54 Å². The van der Waals surface area contributed by atoms with Crippen LogP contribution < -0.4 is 4.74 Å². The van der Waals surface area contributed by atoms with E-state index < -0.39 is 0 Å². The summed E-state index contributed by atoms with van der Waals surface area (Å²) >= 11 is 0. The van der Waals surface area contributed by atoms with Gasteiger partial charge in [-0.25, -0.2) is 0 Å². The third-order valence-electron chi connectivity index (χ3n) is 6.51. The molecule has 1 aromatic heterocycles. The summed E-state index contributed by atoms with van der Waals surface area (Å²) in [5, 5.41) is 8.36. The first-order valence-electron chi connectivity index (χ1n) is 12.4. The van der Waals surface area contributed by atoms with Crippen LogP contribution >= 0.6 is 0 Å². The van der Waals surface area contributed by atoms with E-state index in [1.807, 2.05) is 54.4 Å². The number of piperidine rings is 1. The van der Waals surface area contributed by atoms with Crippen LogP contribution in [0.1, 0.15) is 37.1 Å². The molecule has 0 radical (unpaired) electrons. The number of hydrogen-bond donors (Lipinski definition) is 0. The lowest BCUT2D eigenvalue weighted by Crippen LogP contribution is -2.45. The van der Waals surface area contributed by atoms with Crippen LogP contribution in [0.3, 0.4) is 0 Å². The molecule has 3 aromatic rings. The first-order chi connectivity index (χ1) is 17.1. The molecule has 0 saturated carbocycles. The fourth-order valence-corrected chi connectivity index (χ4v) is 4.69. The average Bonchev–Trinajstić information content (AvgIpc) is 3.58. The van der Waals surface area contributed by atoms with E-state index in [2.05, 4.69) is 27.2 Å². The van der Waals surface area contributed by atoms with E-state index in [-0.39, 0.29) is 18.1 Å². The molecule has 2 aliphatic rings. The summed E-state index contributed by atoms with van der Waals surface area (Å²) in [7, 11) is 2.03. The molecule has 8 nitrogen and oxygen atoms in total. The SMILES string of the molecule is CN(Cc1cccc(OC2CCN(C(=O)C3CCCO3)CC2)c1)Cc1nnc(-c2ccccc2)o1. The Morgan fingerprint density at radius 2 is 1.89 bits per heavy atom. The van der Waals surface area contributed by atoms with Crippen LogP contribution in [-0.2, 0) is 22.6 Å². The van der Waals surface area contributed by atoms with Gasteiger partial charge in [0.15, 0.2) is 0 Å². The summed E-state index contributed by atoms with van der Waals surface area (Å²) in [5.41, 5.74) is 2.07. The van der Waals surface area contributed by atoms with Crippen molar-refractivity contribution >= 4 is 5.91 Å². The Hall–Kier alpha value is -3.23. The smallest absolute Gasteiger partial charge is 0.251 e. The van der Waals surface area contributed by atoms with Gasteiger partial charge in [0.25, 0.3) is 5.91 Å². The van der Waals surface area contributed by atoms with Gasteiger partial charge < -0.3 is 18.8 Å². The maximum atomic E-state index is 12.6. The first-order valence-corrected chi connectivity index (χ1v) is 12.4. The number of likely N-dealkylation sites (tertiary alicyclic amines) is 1. The van der Waals surface area contributed by atoms with E-state index >= 15 is 0 Å². The Balaban J connectivity index is 1.11. The highest BCUT2D eigenvalue weighted by molar-refractivity contribution is 5.81. The van der Waals surface area contributed by atoms with E-state index in [0.717, 1.165) is 62.2 Å². The van der Waals surface area contributed by atoms with Gasteiger partial charge in [0.2, 0.25) is 11.8 Å². The zero-order valence-electron chi connectivity index (χ0n) is 20.1. The minimum absolute atomic E-state index is 0.117. The predicted octanol–water partition coefficient (Wildman–Crippen LogP) is 3.92. The molecule has 184 valence electrons. The van der Waals surface area contributed by atoms with Crippen LogP contribution in [0.4, 0.5) is 0 Å². The van der Waals surface area contributed by atoms with Crippen molar-refractivity contribution in [1.82, 2.24) is 20.0 Å². The normalized spacial score (nSPS) is 18.8. The van der Waals surface area contributed by atoms with Crippen molar-refractivity contribution in [2.45, 2.75) is 51.0 Å². The van der Waals surface area contributed by atoms with Gasteiger partial charge in [0, 0.05) is 44.6 Å². The van der Waals surface area contributed by atoms with Crippen LogP contribution in [0.2, 0.25) is 0 Å². The first kappa shape index (κ1) is 23.5. The van der Waals surface area contributed by atoms with Crippen LogP contribution in [0.15, 0.2) is 59.0 Å². The molecule has 0 aliphatic carbocycles. The number of carbonyl (C=O) groups excluding carboxylic acids is 1. The zero-order chi connectivity index (χ0) is 24.0. The number of nitrogens with zero attached hydrogens (tertiary/aromatic N) is 4. The minimum atomic E-state index is -0.238. The Labute approximate surface area is 205 Å². The van der Waals surface area contributed by atoms with Gasteiger partial charge in [-0.15, -0.1) is 10.2 Å². The highest BCUT2D eigenvalue weighted by atomic mass is 16.5. The minimum Gasteiger partial charge on any atom is -0.490 e. The number of aromatic nitrogens is 2. The van der Waals surface area contributed by atoms with Gasteiger partial charge in [-0.05, 0) is 49.7 Å². The molecule has 0 N–H and O–H groups in total. The van der Waals surface area contributed by atoms with Gasteiger partial charge in [-0.3, -0.25) is 9.69 Å². The second kappa shape index (κ2) is 11.0. The summed E-state index contributed by atoms with van der Waals surface area (Å²) in [6, 6.07) is 18.0. The summed E-state index contributed by atoms with van der Waals surface area (Å²) in [5.74, 6) is 2.13. The molecule has 0 bridgehead atoms. The van der Waals surface area contributed by atoms with Crippen molar-refractivity contribution in [3.63, 3.8) is 0 Å². The van der Waals surface area contributed by atoms with E-state index in [0.29, 0.717) is 24.9 Å². The standard InChI is InChI=1S/C27H32N4O4/c1-30(19-25-28-29-26(35-25)21-8-3-2-4-9-21)18-20-7-5-10-23(17-20)34-22-12-14-31(15-13-22)27(32)24-11-6-16-33-24/h2-5,7-10,17,22,24H,6,11-16,18-19H2,1H3. The third-order valence-corrected chi connectivity index (χ3v) is 6.51. The number of benzene rings is 2. The van der Waals surface area contributed by atoms with E-state index in [9.17, 15) is 4.79 Å². The highest BCUT2D eigenvalue weighted by Gasteiger charge is 2.31. The number of rotatable bonds is 8. The quantitative estimate of drug-likeness (QED) is 0.487. The maximum Gasteiger partial charge on any atom is 0.251 e. The van der Waals surface area contributed by atoms with Crippen molar-refractivity contribution in [2.75, 3.05) is 26.7 Å². The lowest BCUT2D eigenvalue weighted by molar-refractivity contribution is -0.142. The molecule has 8 heteroatoms. The molecule has 0 spiro atoms. The molecule has 1 unspecified atom stereocenters. The van der Waals surface area contributed by atoms with Crippen LogP contribution in [0.25, 0.3) is 11.5 Å². The van der Waals surface area contributed by atoms with Crippen molar-refractivity contribution in [1.29, 1.82) is 0 Å². The summed E-state index contributed by atoms with van der Waals surface area (Å²) in [4.78, 5) is 16.6. The molecule has 2 saturated heterocycles. The Morgan fingerprint density at radius 1 is 1.06 bits per heavy atom. The largest absolute Gasteiger partial charge is 0.490 e. The number of ether oxygens (including phenoxy) is 2. The van der Waals surface area contributed by atoms with Gasteiger partial charge in [-0.1, -0.05) is 30.3 Å². The van der Waals surface area contributed by atoms with E-state index in [4.69, 9.17) is 13.9 Å². The predicted molar refractivity (Wildman–Crippen MR) is 131 cm³/mol. The molecule has 35 heavy (non-hydrogen) atoms. The summed E-state index contributed by atoms with van der Waals surface area (Å²) in [6.07, 6.45) is 3.37. The highest BCUT2D eigenvalue weighted by Crippen LogP contribution is 2.23. The Bertz CT molecular complexity index is 1110. The van der Waals surface area contributed by atoms with Crippen LogP contribution in [0.5, 0.6) is 5.75 Å². The van der Waals surface area contributed by atoms with Crippen molar-refractivity contribution < 1.29 is 18.7 Å². The summed E-state index contributed by atoms with van der Waals surface area (Å²) in [6.45, 7) is 3.43.